The summed E-state index contributed by atoms with van der Waals surface area (Å²) in [5.41, 5.74) is 0.724. The first-order chi connectivity index (χ1) is 14.3. The van der Waals surface area contributed by atoms with E-state index in [-0.39, 0.29) is 17.6 Å². The van der Waals surface area contributed by atoms with Crippen LogP contribution in [0.1, 0.15) is 44.6 Å². The van der Waals surface area contributed by atoms with Crippen LogP contribution in [-0.2, 0) is 20.6 Å². The smallest absolute Gasteiger partial charge is 0.223 e. The predicted molar refractivity (Wildman–Crippen MR) is 121 cm³/mol. The van der Waals surface area contributed by atoms with Gasteiger partial charge in [-0.3, -0.25) is 4.79 Å². The van der Waals surface area contributed by atoms with Crippen molar-refractivity contribution >= 4 is 27.5 Å². The van der Waals surface area contributed by atoms with Crippen molar-refractivity contribution < 1.29 is 13.2 Å². The largest absolute Gasteiger partial charge is 0.356 e. The summed E-state index contributed by atoms with van der Waals surface area (Å²) in [6.45, 7) is 7.18. The van der Waals surface area contributed by atoms with Crippen LogP contribution < -0.4 is 5.32 Å². The maximum atomic E-state index is 12.7. The van der Waals surface area contributed by atoms with E-state index in [2.05, 4.69) is 17.1 Å². The minimum Gasteiger partial charge on any atom is -0.356 e. The van der Waals surface area contributed by atoms with Crippen LogP contribution in [-0.4, -0.2) is 62.8 Å². The number of benzene rings is 1. The number of amides is 1. The van der Waals surface area contributed by atoms with Crippen LogP contribution in [0.15, 0.2) is 24.3 Å². The molecule has 0 bridgehead atoms. The summed E-state index contributed by atoms with van der Waals surface area (Å²) in [5.74, 6) is 0.776. The molecule has 0 unspecified atom stereocenters. The lowest BCUT2D eigenvalue weighted by Crippen LogP contribution is -2.43. The van der Waals surface area contributed by atoms with Gasteiger partial charge in [0.2, 0.25) is 15.9 Å². The first-order valence-electron chi connectivity index (χ1n) is 11.1. The molecule has 0 atom stereocenters. The summed E-state index contributed by atoms with van der Waals surface area (Å²) in [5, 5.41) is 3.64. The Morgan fingerprint density at radius 3 is 2.33 bits per heavy atom. The summed E-state index contributed by atoms with van der Waals surface area (Å²) < 4.78 is 26.9. The molecule has 168 valence electrons. The zero-order valence-corrected chi connectivity index (χ0v) is 19.4. The SMILES string of the molecule is CC1CCN(CCCNC(=O)C2CCN(S(=O)(=O)Cc3ccc(Cl)cc3)CC2)CC1. The fraction of sp³-hybridized carbons (Fsp3) is 0.682. The molecule has 30 heavy (non-hydrogen) atoms. The molecule has 2 fully saturated rings. The average molecular weight is 456 g/mol. The molecular formula is C22H34ClN3O3S. The number of nitrogens with one attached hydrogen (secondary N) is 1. The second-order valence-electron chi connectivity index (χ2n) is 8.72. The maximum Gasteiger partial charge on any atom is 0.223 e. The van der Waals surface area contributed by atoms with Crippen molar-refractivity contribution in [3.63, 3.8) is 0 Å². The number of hydrogen-bond acceptors (Lipinski definition) is 4. The van der Waals surface area contributed by atoms with Gasteiger partial charge in [-0.15, -0.1) is 0 Å². The molecule has 6 nitrogen and oxygen atoms in total. The normalized spacial score (nSPS) is 20.3. The van der Waals surface area contributed by atoms with E-state index in [0.29, 0.717) is 37.5 Å². The fourth-order valence-electron chi connectivity index (χ4n) is 4.22. The monoisotopic (exact) mass is 455 g/mol. The summed E-state index contributed by atoms with van der Waals surface area (Å²) >= 11 is 5.87. The molecule has 0 radical (unpaired) electrons. The third-order valence-corrected chi connectivity index (χ3v) is 8.41. The summed E-state index contributed by atoms with van der Waals surface area (Å²) in [4.78, 5) is 14.9. The van der Waals surface area contributed by atoms with Crippen molar-refractivity contribution in [3.05, 3.63) is 34.9 Å². The number of carbonyl (C=O) groups excluding carboxylic acids is 1. The Balaban J connectivity index is 1.36. The number of piperidine rings is 2. The Morgan fingerprint density at radius 2 is 1.70 bits per heavy atom. The van der Waals surface area contributed by atoms with Gasteiger partial charge in [0, 0.05) is 30.6 Å². The highest BCUT2D eigenvalue weighted by molar-refractivity contribution is 7.88. The van der Waals surface area contributed by atoms with Crippen LogP contribution in [0, 0.1) is 11.8 Å². The van der Waals surface area contributed by atoms with Gasteiger partial charge in [0.05, 0.1) is 5.75 Å². The van der Waals surface area contributed by atoms with Gasteiger partial charge < -0.3 is 10.2 Å². The Labute approximate surface area is 186 Å². The van der Waals surface area contributed by atoms with E-state index in [1.807, 2.05) is 0 Å². The van der Waals surface area contributed by atoms with E-state index in [9.17, 15) is 13.2 Å². The Hall–Kier alpha value is -1.15. The topological polar surface area (TPSA) is 69.7 Å². The molecular weight excluding hydrogens is 422 g/mol. The van der Waals surface area contributed by atoms with Gasteiger partial charge in [-0.1, -0.05) is 30.7 Å². The zero-order valence-electron chi connectivity index (χ0n) is 17.9. The fourth-order valence-corrected chi connectivity index (χ4v) is 5.91. The molecule has 0 spiro atoms. The van der Waals surface area contributed by atoms with Crippen molar-refractivity contribution in [2.45, 2.75) is 44.8 Å². The Kier molecular flexibility index (Phi) is 8.57. The highest BCUT2D eigenvalue weighted by atomic mass is 35.5. The van der Waals surface area contributed by atoms with E-state index >= 15 is 0 Å². The highest BCUT2D eigenvalue weighted by Crippen LogP contribution is 2.22. The van der Waals surface area contributed by atoms with Crippen LogP contribution in [0.2, 0.25) is 5.02 Å². The highest BCUT2D eigenvalue weighted by Gasteiger charge is 2.31. The summed E-state index contributed by atoms with van der Waals surface area (Å²) in [7, 11) is -3.38. The number of sulfonamides is 1. The van der Waals surface area contributed by atoms with Crippen molar-refractivity contribution in [3.8, 4) is 0 Å². The molecule has 2 aliphatic rings. The van der Waals surface area contributed by atoms with Crippen molar-refractivity contribution in [1.29, 1.82) is 0 Å². The second-order valence-corrected chi connectivity index (χ2v) is 11.1. The molecule has 2 saturated heterocycles. The summed E-state index contributed by atoms with van der Waals surface area (Å²) in [6.07, 6.45) is 4.66. The number of rotatable bonds is 8. The lowest BCUT2D eigenvalue weighted by Gasteiger charge is -2.31. The standard InChI is InChI=1S/C22H34ClN3O3S/c1-18-7-13-25(14-8-18)12-2-11-24-22(27)20-9-15-26(16-10-20)30(28,29)17-19-3-5-21(23)6-4-19/h3-6,18,20H,2,7-17H2,1H3,(H,24,27). The molecule has 8 heteroatoms. The zero-order chi connectivity index (χ0) is 21.6. The van der Waals surface area contributed by atoms with Gasteiger partial charge in [-0.25, -0.2) is 12.7 Å². The van der Waals surface area contributed by atoms with E-state index in [1.54, 1.807) is 24.3 Å². The molecule has 2 heterocycles. The van der Waals surface area contributed by atoms with Crippen LogP contribution in [0.25, 0.3) is 0 Å². The molecule has 1 aromatic rings. The van der Waals surface area contributed by atoms with Crippen LogP contribution in [0.4, 0.5) is 0 Å². The van der Waals surface area contributed by atoms with Crippen LogP contribution in [0.3, 0.4) is 0 Å². The molecule has 0 aromatic heterocycles. The average Bonchev–Trinajstić information content (AvgIpc) is 2.74. The van der Waals surface area contributed by atoms with Gasteiger partial charge in [-0.2, -0.15) is 0 Å². The van der Waals surface area contributed by atoms with Crippen LogP contribution in [0.5, 0.6) is 0 Å². The first-order valence-corrected chi connectivity index (χ1v) is 13.0. The summed E-state index contributed by atoms with van der Waals surface area (Å²) in [6, 6.07) is 6.89. The van der Waals surface area contributed by atoms with E-state index < -0.39 is 10.0 Å². The van der Waals surface area contributed by atoms with E-state index in [0.717, 1.165) is 37.5 Å². The van der Waals surface area contributed by atoms with Gasteiger partial charge in [0.1, 0.15) is 0 Å². The Morgan fingerprint density at radius 1 is 1.07 bits per heavy atom. The lowest BCUT2D eigenvalue weighted by atomic mass is 9.97. The molecule has 3 rings (SSSR count). The third-order valence-electron chi connectivity index (χ3n) is 6.31. The molecule has 1 N–H and O–H groups in total. The quantitative estimate of drug-likeness (QED) is 0.611. The molecule has 1 amide bonds. The number of likely N-dealkylation sites (tertiary alicyclic amines) is 1. The molecule has 0 aliphatic carbocycles. The van der Waals surface area contributed by atoms with Crippen molar-refractivity contribution in [1.82, 2.24) is 14.5 Å². The number of hydrogen-bond donors (Lipinski definition) is 1. The Bertz CT molecular complexity index is 784. The van der Waals surface area contributed by atoms with E-state index in [1.165, 1.54) is 17.1 Å². The second kappa shape index (κ2) is 10.9. The lowest BCUT2D eigenvalue weighted by molar-refractivity contribution is -0.126. The number of carbonyl (C=O) groups is 1. The predicted octanol–water partition coefficient (Wildman–Crippen LogP) is 3.12. The van der Waals surface area contributed by atoms with Gasteiger partial charge >= 0.3 is 0 Å². The van der Waals surface area contributed by atoms with Gasteiger partial charge in [-0.05, 0) is 75.4 Å². The molecule has 0 saturated carbocycles. The van der Waals surface area contributed by atoms with Crippen molar-refractivity contribution in [2.75, 3.05) is 39.3 Å². The van der Waals surface area contributed by atoms with Gasteiger partial charge in [0.15, 0.2) is 0 Å². The number of nitrogens with zero attached hydrogens (tertiary/aromatic N) is 2. The minimum atomic E-state index is -3.38. The first kappa shape index (κ1) is 23.5. The third kappa shape index (κ3) is 6.94. The van der Waals surface area contributed by atoms with E-state index in [4.69, 9.17) is 11.6 Å². The molecule has 2 aliphatic heterocycles. The number of halogens is 1. The molecule has 1 aromatic carbocycles. The van der Waals surface area contributed by atoms with Crippen LogP contribution >= 0.6 is 11.6 Å². The van der Waals surface area contributed by atoms with Gasteiger partial charge in [0.25, 0.3) is 0 Å². The van der Waals surface area contributed by atoms with Crippen molar-refractivity contribution in [2.24, 2.45) is 11.8 Å². The minimum absolute atomic E-state index is 0.0314. The maximum absolute atomic E-state index is 12.7.